The molecule has 5 nitrogen and oxygen atoms in total. The van der Waals surface area contributed by atoms with Crippen LogP contribution in [0.15, 0.2) is 72.8 Å². The highest BCUT2D eigenvalue weighted by atomic mass is 35.7. The number of rotatable bonds is 10. The summed E-state index contributed by atoms with van der Waals surface area (Å²) in [5.41, 5.74) is 0.871. The fourth-order valence-electron chi connectivity index (χ4n) is 2.91. The summed E-state index contributed by atoms with van der Waals surface area (Å²) in [4.78, 5) is 12.6. The Kier molecular flexibility index (Phi) is 8.23. The van der Waals surface area contributed by atoms with Crippen LogP contribution in [0.5, 0.6) is 5.75 Å². The van der Waals surface area contributed by atoms with Crippen molar-refractivity contribution in [1.29, 1.82) is 0 Å². The van der Waals surface area contributed by atoms with Crippen LogP contribution in [-0.4, -0.2) is 24.0 Å². The van der Waals surface area contributed by atoms with Crippen molar-refractivity contribution in [2.24, 2.45) is 0 Å². The van der Waals surface area contributed by atoms with Crippen LogP contribution in [0.25, 0.3) is 10.8 Å². The Hall–Kier alpha value is -1.98. The van der Waals surface area contributed by atoms with Crippen molar-refractivity contribution < 1.29 is 18.6 Å². The number of ether oxygens (including phenoxy) is 1. The number of esters is 1. The minimum absolute atomic E-state index is 0.133. The molecule has 30 heavy (non-hydrogen) atoms. The highest BCUT2D eigenvalue weighted by molar-refractivity contribution is 7.98. The van der Waals surface area contributed by atoms with Gasteiger partial charge >= 0.3 is 12.8 Å². The molecule has 1 unspecified atom stereocenters. The third-order valence-electron chi connectivity index (χ3n) is 4.39. The molecule has 1 N–H and O–H groups in total. The van der Waals surface area contributed by atoms with E-state index in [1.54, 1.807) is 23.9 Å². The Morgan fingerprint density at radius 2 is 1.77 bits per heavy atom. The van der Waals surface area contributed by atoms with Gasteiger partial charge in [0.15, 0.2) is 0 Å². The fraction of sp³-hybridized carbons (Fsp3) is 0.227. The first kappa shape index (κ1) is 22.7. The summed E-state index contributed by atoms with van der Waals surface area (Å²) in [5.74, 6) is 0.541. The number of hydrogen-bond acceptors (Lipinski definition) is 5. The Morgan fingerprint density at radius 1 is 1.07 bits per heavy atom. The third kappa shape index (κ3) is 6.51. The summed E-state index contributed by atoms with van der Waals surface area (Å²) in [6.07, 6.45) is 2.34. The van der Waals surface area contributed by atoms with Crippen LogP contribution >= 0.6 is 29.9 Å². The minimum atomic E-state index is -3.85. The Morgan fingerprint density at radius 3 is 2.53 bits per heavy atom. The van der Waals surface area contributed by atoms with Crippen molar-refractivity contribution >= 4 is 46.6 Å². The van der Waals surface area contributed by atoms with Crippen LogP contribution in [0.4, 0.5) is 0 Å². The molecule has 0 spiro atoms. The number of carbonyl (C=O) groups excluding carboxylic acids is 1. The second-order valence-electron chi connectivity index (χ2n) is 6.60. The summed E-state index contributed by atoms with van der Waals surface area (Å²) >= 11 is 7.79. The monoisotopic (exact) mass is 463 g/mol. The normalized spacial score (nSPS) is 14.1. The average Bonchev–Trinajstić information content (AvgIpc) is 2.75. The standard InChI is InChI=1S/C22H23ClNO4PS/c1-30-15-14-20(22(25)27-16-17-8-3-2-4-9-17)24-29(23,26)28-21-13-7-11-18-10-5-6-12-19(18)21/h2-13,20H,14-16H2,1H3,(H,24,26)/t20-,29?/m0/s1. The van der Waals surface area contributed by atoms with Gasteiger partial charge in [0.1, 0.15) is 18.4 Å². The predicted molar refractivity (Wildman–Crippen MR) is 124 cm³/mol. The first-order valence-electron chi connectivity index (χ1n) is 9.43. The molecule has 0 aliphatic heterocycles. The van der Waals surface area contributed by atoms with E-state index in [9.17, 15) is 9.36 Å². The van der Waals surface area contributed by atoms with Gasteiger partial charge in [-0.2, -0.15) is 11.8 Å². The first-order valence-corrected chi connectivity index (χ1v) is 13.4. The van der Waals surface area contributed by atoms with Gasteiger partial charge in [0.05, 0.1) is 0 Å². The zero-order valence-corrected chi connectivity index (χ0v) is 19.0. The van der Waals surface area contributed by atoms with Crippen molar-refractivity contribution in [3.63, 3.8) is 0 Å². The van der Waals surface area contributed by atoms with Gasteiger partial charge in [-0.15, -0.1) is 0 Å². The number of fused-ring (bicyclic) bond motifs is 1. The van der Waals surface area contributed by atoms with Gasteiger partial charge in [0.25, 0.3) is 0 Å². The molecular weight excluding hydrogens is 441 g/mol. The smallest absolute Gasteiger partial charge is 0.409 e. The number of halogens is 1. The maximum absolute atomic E-state index is 13.0. The molecule has 8 heteroatoms. The molecule has 0 aliphatic carbocycles. The quantitative estimate of drug-likeness (QED) is 0.293. The molecule has 3 aromatic rings. The van der Waals surface area contributed by atoms with E-state index in [1.807, 2.05) is 66.9 Å². The molecule has 0 saturated heterocycles. The molecule has 0 fully saturated rings. The van der Waals surface area contributed by atoms with Gasteiger partial charge in [-0.05, 0) is 35.4 Å². The molecular formula is C22H23ClNO4PS. The lowest BCUT2D eigenvalue weighted by Crippen LogP contribution is -2.36. The van der Waals surface area contributed by atoms with E-state index >= 15 is 0 Å². The Balaban J connectivity index is 1.70. The summed E-state index contributed by atoms with van der Waals surface area (Å²) in [6.45, 7) is -3.72. The lowest BCUT2D eigenvalue weighted by Gasteiger charge is -2.21. The summed E-state index contributed by atoms with van der Waals surface area (Å²) in [5, 5.41) is 4.41. The molecule has 0 radical (unpaired) electrons. The zero-order valence-electron chi connectivity index (χ0n) is 16.5. The molecule has 3 aromatic carbocycles. The highest BCUT2D eigenvalue weighted by Gasteiger charge is 2.31. The highest BCUT2D eigenvalue weighted by Crippen LogP contribution is 2.50. The van der Waals surface area contributed by atoms with E-state index in [1.165, 1.54) is 0 Å². The van der Waals surface area contributed by atoms with E-state index in [4.69, 9.17) is 20.5 Å². The molecule has 0 bridgehead atoms. The van der Waals surface area contributed by atoms with Crippen molar-refractivity contribution in [3.05, 3.63) is 78.4 Å². The summed E-state index contributed by atoms with van der Waals surface area (Å²) < 4.78 is 24.0. The number of benzene rings is 3. The van der Waals surface area contributed by atoms with Crippen LogP contribution in [0.2, 0.25) is 0 Å². The Labute approximate surface area is 185 Å². The lowest BCUT2D eigenvalue weighted by molar-refractivity contribution is -0.147. The van der Waals surface area contributed by atoms with Crippen molar-refractivity contribution in [2.75, 3.05) is 12.0 Å². The lowest BCUT2D eigenvalue weighted by atomic mass is 10.1. The van der Waals surface area contributed by atoms with Gasteiger partial charge < -0.3 is 9.26 Å². The van der Waals surface area contributed by atoms with Gasteiger partial charge in [-0.25, -0.2) is 9.65 Å². The molecule has 0 aromatic heterocycles. The van der Waals surface area contributed by atoms with Gasteiger partial charge in [-0.3, -0.25) is 4.79 Å². The zero-order chi connectivity index (χ0) is 21.4. The molecule has 0 aliphatic rings. The van der Waals surface area contributed by atoms with E-state index in [0.717, 1.165) is 16.3 Å². The SMILES string of the molecule is CSCC[C@H](NP(=O)(Cl)Oc1cccc2ccccc12)C(=O)OCc1ccccc1. The van der Waals surface area contributed by atoms with Crippen LogP contribution in [0, 0.1) is 0 Å². The van der Waals surface area contributed by atoms with E-state index in [0.29, 0.717) is 17.9 Å². The van der Waals surface area contributed by atoms with Gasteiger partial charge in [-0.1, -0.05) is 66.7 Å². The minimum Gasteiger partial charge on any atom is -0.460 e. The fourth-order valence-corrected chi connectivity index (χ4v) is 5.03. The van der Waals surface area contributed by atoms with Crippen LogP contribution in [0.3, 0.4) is 0 Å². The second kappa shape index (κ2) is 10.9. The molecule has 0 saturated carbocycles. The number of nitrogens with one attached hydrogen (secondary N) is 1. The van der Waals surface area contributed by atoms with E-state index in [2.05, 4.69) is 5.09 Å². The third-order valence-corrected chi connectivity index (χ3v) is 6.59. The maximum Gasteiger partial charge on any atom is 0.409 e. The van der Waals surface area contributed by atoms with E-state index in [-0.39, 0.29) is 6.61 Å². The van der Waals surface area contributed by atoms with Crippen molar-refractivity contribution in [3.8, 4) is 5.75 Å². The number of hydrogen-bond donors (Lipinski definition) is 1. The van der Waals surface area contributed by atoms with Gasteiger partial charge in [0.2, 0.25) is 0 Å². The molecule has 158 valence electrons. The number of carbonyl (C=O) groups is 1. The molecule has 0 heterocycles. The second-order valence-corrected chi connectivity index (χ2v) is 10.3. The Bertz CT molecular complexity index is 1030. The summed E-state index contributed by atoms with van der Waals surface area (Å²) in [7, 11) is 0. The molecule has 2 atom stereocenters. The maximum atomic E-state index is 13.0. The average molecular weight is 464 g/mol. The van der Waals surface area contributed by atoms with Crippen LogP contribution < -0.4 is 9.61 Å². The van der Waals surface area contributed by atoms with Gasteiger partial charge in [0, 0.05) is 16.6 Å². The van der Waals surface area contributed by atoms with Crippen LogP contribution in [-0.2, 0) is 20.7 Å². The van der Waals surface area contributed by atoms with E-state index < -0.39 is 18.9 Å². The predicted octanol–water partition coefficient (Wildman–Crippen LogP) is 6.02. The van der Waals surface area contributed by atoms with Crippen LogP contribution in [0.1, 0.15) is 12.0 Å². The summed E-state index contributed by atoms with van der Waals surface area (Å²) in [6, 6.07) is 21.5. The van der Waals surface area contributed by atoms with Crippen molar-refractivity contribution in [1.82, 2.24) is 5.09 Å². The first-order chi connectivity index (χ1) is 14.5. The molecule has 3 rings (SSSR count). The largest absolute Gasteiger partial charge is 0.460 e. The molecule has 0 amide bonds. The van der Waals surface area contributed by atoms with Crippen molar-refractivity contribution in [2.45, 2.75) is 19.1 Å². The number of thioether (sulfide) groups is 1. The topological polar surface area (TPSA) is 64.6 Å².